The van der Waals surface area contributed by atoms with Crippen LogP contribution in [0.1, 0.15) is 0 Å². The van der Waals surface area contributed by atoms with E-state index in [1.807, 2.05) is 18.2 Å². The summed E-state index contributed by atoms with van der Waals surface area (Å²) in [4.78, 5) is 9.12. The second-order valence-electron chi connectivity index (χ2n) is 5.83. The predicted octanol–water partition coefficient (Wildman–Crippen LogP) is 3.25. The Morgan fingerprint density at radius 3 is 2.50 bits per heavy atom. The number of rotatable bonds is 2. The van der Waals surface area contributed by atoms with Crippen LogP contribution in [0.4, 0.5) is 5.69 Å². The van der Waals surface area contributed by atoms with Gasteiger partial charge >= 0.3 is 0 Å². The van der Waals surface area contributed by atoms with E-state index in [4.69, 9.17) is 4.42 Å². The third-order valence-corrected chi connectivity index (χ3v) is 4.31. The van der Waals surface area contributed by atoms with Gasteiger partial charge in [-0.3, -0.25) is 4.98 Å². The van der Waals surface area contributed by atoms with Crippen molar-refractivity contribution in [3.63, 3.8) is 0 Å². The highest BCUT2D eigenvalue weighted by molar-refractivity contribution is 5.79. The molecule has 2 aromatic heterocycles. The van der Waals surface area contributed by atoms with Crippen molar-refractivity contribution < 1.29 is 4.42 Å². The zero-order valence-corrected chi connectivity index (χ0v) is 12.7. The number of pyridine rings is 1. The maximum Gasteiger partial charge on any atom is 0.153 e. The van der Waals surface area contributed by atoms with E-state index in [0.29, 0.717) is 0 Å². The minimum absolute atomic E-state index is 0.834. The van der Waals surface area contributed by atoms with Crippen LogP contribution in [0.3, 0.4) is 0 Å². The van der Waals surface area contributed by atoms with E-state index in [2.05, 4.69) is 46.1 Å². The number of furan rings is 1. The lowest BCUT2D eigenvalue weighted by atomic mass is 10.1. The highest BCUT2D eigenvalue weighted by atomic mass is 16.3. The van der Waals surface area contributed by atoms with Crippen molar-refractivity contribution in [2.45, 2.75) is 0 Å². The Morgan fingerprint density at radius 1 is 1.00 bits per heavy atom. The van der Waals surface area contributed by atoms with Crippen molar-refractivity contribution in [2.24, 2.45) is 0 Å². The van der Waals surface area contributed by atoms with Crippen molar-refractivity contribution in [3.8, 4) is 11.3 Å². The quantitative estimate of drug-likeness (QED) is 0.726. The topological polar surface area (TPSA) is 32.5 Å². The summed E-state index contributed by atoms with van der Waals surface area (Å²) in [5.74, 6) is 0.874. The van der Waals surface area contributed by atoms with Crippen LogP contribution in [0.5, 0.6) is 0 Å². The first-order chi connectivity index (χ1) is 10.8. The van der Waals surface area contributed by atoms with Gasteiger partial charge in [0.05, 0.1) is 0 Å². The Kier molecular flexibility index (Phi) is 3.31. The van der Waals surface area contributed by atoms with Gasteiger partial charge in [-0.25, -0.2) is 0 Å². The maximum atomic E-state index is 5.87. The average molecular weight is 293 g/mol. The molecule has 0 aliphatic carbocycles. The van der Waals surface area contributed by atoms with E-state index in [9.17, 15) is 0 Å². The highest BCUT2D eigenvalue weighted by Gasteiger charge is 2.14. The largest absolute Gasteiger partial charge is 0.454 e. The number of likely N-dealkylation sites (N-methyl/N-ethyl adjacent to an activating group) is 1. The van der Waals surface area contributed by atoms with Gasteiger partial charge in [0.15, 0.2) is 5.58 Å². The van der Waals surface area contributed by atoms with Crippen LogP contribution in [0.25, 0.3) is 22.4 Å². The van der Waals surface area contributed by atoms with Gasteiger partial charge in [0, 0.05) is 49.7 Å². The maximum absolute atomic E-state index is 5.87. The molecule has 0 radical (unpaired) electrons. The van der Waals surface area contributed by atoms with Crippen molar-refractivity contribution in [1.82, 2.24) is 9.88 Å². The number of fused-ring (bicyclic) bond motifs is 1. The van der Waals surface area contributed by atoms with Crippen LogP contribution in [-0.2, 0) is 0 Å². The molecule has 0 spiro atoms. The minimum atomic E-state index is 0.834. The molecule has 1 aliphatic rings. The molecule has 1 fully saturated rings. The van der Waals surface area contributed by atoms with Crippen LogP contribution in [0.15, 0.2) is 53.1 Å². The molecule has 0 bridgehead atoms. The number of anilines is 1. The molecule has 0 saturated carbocycles. The Bertz CT molecular complexity index is 737. The first-order valence-electron chi connectivity index (χ1n) is 7.68. The molecule has 4 nitrogen and oxygen atoms in total. The fraction of sp³-hybridized carbons (Fsp3) is 0.278. The fourth-order valence-electron chi connectivity index (χ4n) is 2.91. The second-order valence-corrected chi connectivity index (χ2v) is 5.83. The molecule has 112 valence electrons. The molecule has 3 aromatic rings. The Hall–Kier alpha value is -2.33. The summed E-state index contributed by atoms with van der Waals surface area (Å²) < 4.78 is 5.87. The van der Waals surface area contributed by atoms with E-state index in [-0.39, 0.29) is 0 Å². The zero-order chi connectivity index (χ0) is 14.9. The van der Waals surface area contributed by atoms with Gasteiger partial charge in [-0.15, -0.1) is 0 Å². The number of hydrogen-bond donors (Lipinski definition) is 0. The molecular weight excluding hydrogens is 274 g/mol. The fourth-order valence-corrected chi connectivity index (χ4v) is 2.91. The van der Waals surface area contributed by atoms with Crippen LogP contribution in [0, 0.1) is 0 Å². The molecule has 0 unspecified atom stereocenters. The molecule has 4 rings (SSSR count). The standard InChI is InChI=1S/C18H19N3O/c1-20-9-11-21(12-10-20)15-6-4-14(5-7-15)18-13-16-17(22-18)3-2-8-19-16/h2-8,13H,9-12H2,1H3. The van der Waals surface area contributed by atoms with Crippen LogP contribution in [-0.4, -0.2) is 43.1 Å². The number of nitrogens with zero attached hydrogens (tertiary/aromatic N) is 3. The van der Waals surface area contributed by atoms with Gasteiger partial charge in [-0.05, 0) is 43.4 Å². The van der Waals surface area contributed by atoms with Gasteiger partial charge in [-0.1, -0.05) is 0 Å². The monoisotopic (exact) mass is 293 g/mol. The number of benzene rings is 1. The lowest BCUT2D eigenvalue weighted by Gasteiger charge is -2.34. The number of aromatic nitrogens is 1. The third kappa shape index (κ3) is 2.46. The molecule has 0 atom stereocenters. The summed E-state index contributed by atoms with van der Waals surface area (Å²) in [7, 11) is 2.18. The predicted molar refractivity (Wildman–Crippen MR) is 89.2 cm³/mol. The molecular formula is C18H19N3O. The van der Waals surface area contributed by atoms with E-state index in [1.165, 1.54) is 5.69 Å². The summed E-state index contributed by atoms with van der Waals surface area (Å²) in [6.07, 6.45) is 1.79. The molecule has 0 amide bonds. The molecule has 1 aliphatic heterocycles. The van der Waals surface area contributed by atoms with Gasteiger partial charge in [-0.2, -0.15) is 0 Å². The number of piperazine rings is 1. The molecule has 22 heavy (non-hydrogen) atoms. The summed E-state index contributed by atoms with van der Waals surface area (Å²) in [5, 5.41) is 0. The Balaban J connectivity index is 1.58. The molecule has 1 saturated heterocycles. The van der Waals surface area contributed by atoms with Crippen molar-refractivity contribution >= 4 is 16.8 Å². The van der Waals surface area contributed by atoms with Crippen LogP contribution >= 0.6 is 0 Å². The van der Waals surface area contributed by atoms with Gasteiger partial charge in [0.1, 0.15) is 11.3 Å². The molecule has 0 N–H and O–H groups in total. The normalized spacial score (nSPS) is 16.3. The van der Waals surface area contributed by atoms with Crippen LogP contribution < -0.4 is 4.90 Å². The van der Waals surface area contributed by atoms with E-state index in [1.54, 1.807) is 6.20 Å². The van der Waals surface area contributed by atoms with Gasteiger partial charge < -0.3 is 14.2 Å². The molecule has 3 heterocycles. The zero-order valence-electron chi connectivity index (χ0n) is 12.7. The molecule has 1 aromatic carbocycles. The lowest BCUT2D eigenvalue weighted by Crippen LogP contribution is -2.44. The Labute approximate surface area is 130 Å². The second kappa shape index (κ2) is 5.46. The minimum Gasteiger partial charge on any atom is -0.454 e. The van der Waals surface area contributed by atoms with Crippen molar-refractivity contribution in [2.75, 3.05) is 38.1 Å². The van der Waals surface area contributed by atoms with Crippen LogP contribution in [0.2, 0.25) is 0 Å². The SMILES string of the molecule is CN1CCN(c2ccc(-c3cc4ncccc4o3)cc2)CC1. The summed E-state index contributed by atoms with van der Waals surface area (Å²) >= 11 is 0. The summed E-state index contributed by atoms with van der Waals surface area (Å²) in [6.45, 7) is 4.42. The highest BCUT2D eigenvalue weighted by Crippen LogP contribution is 2.28. The van der Waals surface area contributed by atoms with Crippen molar-refractivity contribution in [3.05, 3.63) is 48.7 Å². The van der Waals surface area contributed by atoms with Gasteiger partial charge in [0.25, 0.3) is 0 Å². The van der Waals surface area contributed by atoms with E-state index >= 15 is 0 Å². The third-order valence-electron chi connectivity index (χ3n) is 4.31. The Morgan fingerprint density at radius 2 is 1.77 bits per heavy atom. The lowest BCUT2D eigenvalue weighted by molar-refractivity contribution is 0.313. The number of hydrogen-bond acceptors (Lipinski definition) is 4. The first kappa shape index (κ1) is 13.3. The van der Waals surface area contributed by atoms with E-state index in [0.717, 1.165) is 48.6 Å². The van der Waals surface area contributed by atoms with E-state index < -0.39 is 0 Å². The van der Waals surface area contributed by atoms with Gasteiger partial charge in [0.2, 0.25) is 0 Å². The smallest absolute Gasteiger partial charge is 0.153 e. The summed E-state index contributed by atoms with van der Waals surface area (Å²) in [5.41, 5.74) is 4.11. The van der Waals surface area contributed by atoms with Crippen molar-refractivity contribution in [1.29, 1.82) is 0 Å². The first-order valence-corrected chi connectivity index (χ1v) is 7.68. The molecule has 4 heteroatoms. The summed E-state index contributed by atoms with van der Waals surface area (Å²) in [6, 6.07) is 14.5. The average Bonchev–Trinajstić information content (AvgIpc) is 3.00.